The third-order valence-corrected chi connectivity index (χ3v) is 1.89. The lowest BCUT2D eigenvalue weighted by molar-refractivity contribution is 1.09. The zero-order valence-corrected chi connectivity index (χ0v) is 7.43. The molecule has 0 N–H and O–H groups in total. The summed E-state index contributed by atoms with van der Waals surface area (Å²) in [6, 6.07) is 3.61. The van der Waals surface area contributed by atoms with Gasteiger partial charge in [-0.1, -0.05) is 5.03 Å². The van der Waals surface area contributed by atoms with E-state index in [1.807, 2.05) is 6.07 Å². The lowest BCUT2D eigenvalue weighted by atomic mass is 10.3. The van der Waals surface area contributed by atoms with Crippen LogP contribution in [0.3, 0.4) is 0 Å². The lowest BCUT2D eigenvalue weighted by Crippen LogP contribution is -1.90. The largest absolute Gasteiger partial charge is 0.759 e. The lowest BCUT2D eigenvalue weighted by Gasteiger charge is -2.07. The summed E-state index contributed by atoms with van der Waals surface area (Å²) < 4.78 is 0. The van der Waals surface area contributed by atoms with Crippen LogP contribution in [-0.4, -0.2) is 15.0 Å². The Morgan fingerprint density at radius 1 is 1.33 bits per heavy atom. The number of halogens is 1. The third-order valence-electron chi connectivity index (χ3n) is 1.41. The van der Waals surface area contributed by atoms with Crippen molar-refractivity contribution in [3.8, 4) is 0 Å². The summed E-state index contributed by atoms with van der Waals surface area (Å²) in [5, 5.41) is 1.35. The van der Waals surface area contributed by atoms with E-state index in [-0.39, 0.29) is 5.28 Å². The molecule has 2 aromatic heterocycles. The summed E-state index contributed by atoms with van der Waals surface area (Å²) in [5.41, 5.74) is 0.544. The summed E-state index contributed by atoms with van der Waals surface area (Å²) in [6.07, 6.45) is 1.64. The van der Waals surface area contributed by atoms with Crippen LogP contribution in [0.1, 0.15) is 0 Å². The molecule has 2 aromatic rings. The summed E-state index contributed by atoms with van der Waals surface area (Å²) in [6.45, 7) is 0. The number of hydrogen-bond donors (Lipinski definition) is 0. The molecule has 60 valence electrons. The van der Waals surface area contributed by atoms with Gasteiger partial charge in [0.2, 0.25) is 5.28 Å². The maximum absolute atomic E-state index is 5.60. The minimum Gasteiger partial charge on any atom is -0.759 e. The summed E-state index contributed by atoms with van der Waals surface area (Å²) in [5.74, 6) is 0. The number of aromatic nitrogens is 3. The normalized spacial score (nSPS) is 10.4. The van der Waals surface area contributed by atoms with Crippen LogP contribution in [0, 0.1) is 0 Å². The fourth-order valence-electron chi connectivity index (χ4n) is 0.909. The van der Waals surface area contributed by atoms with E-state index in [4.69, 9.17) is 24.2 Å². The second kappa shape index (κ2) is 2.80. The molecule has 0 aliphatic rings. The van der Waals surface area contributed by atoms with Gasteiger partial charge in [0, 0.05) is 11.6 Å². The summed E-state index contributed by atoms with van der Waals surface area (Å²) >= 11 is 10.6. The zero-order valence-electron chi connectivity index (χ0n) is 5.86. The highest BCUT2D eigenvalue weighted by molar-refractivity contribution is 7.59. The van der Waals surface area contributed by atoms with Crippen molar-refractivity contribution in [2.75, 3.05) is 0 Å². The van der Waals surface area contributed by atoms with Crippen LogP contribution in [0.25, 0.3) is 11.0 Å². The first-order valence-corrected chi connectivity index (χ1v) is 4.01. The molecule has 0 aliphatic carbocycles. The maximum atomic E-state index is 5.60. The van der Waals surface area contributed by atoms with E-state index >= 15 is 0 Å². The van der Waals surface area contributed by atoms with Gasteiger partial charge in [-0.25, -0.2) is 9.97 Å². The molecule has 0 aliphatic heterocycles. The molecular formula is C7H3ClN3S-. The Hall–Kier alpha value is -1.00. The Balaban J connectivity index is 2.89. The van der Waals surface area contributed by atoms with Crippen LogP contribution in [0.4, 0.5) is 0 Å². The average molecular weight is 197 g/mol. The number of pyridine rings is 1. The number of nitrogens with zero attached hydrogens (tertiary/aromatic N) is 3. The van der Waals surface area contributed by atoms with Crippen molar-refractivity contribution >= 4 is 35.3 Å². The van der Waals surface area contributed by atoms with E-state index in [0.29, 0.717) is 10.7 Å². The van der Waals surface area contributed by atoms with E-state index in [2.05, 4.69) is 15.0 Å². The van der Waals surface area contributed by atoms with Crippen LogP contribution in [0.2, 0.25) is 5.28 Å². The van der Waals surface area contributed by atoms with Gasteiger partial charge in [0.05, 0.1) is 0 Å². The smallest absolute Gasteiger partial charge is 0.222 e. The van der Waals surface area contributed by atoms with Gasteiger partial charge in [-0.2, -0.15) is 4.98 Å². The van der Waals surface area contributed by atoms with Crippen LogP contribution in [0.15, 0.2) is 23.4 Å². The first-order valence-electron chi connectivity index (χ1n) is 3.22. The van der Waals surface area contributed by atoms with Gasteiger partial charge in [-0.15, -0.1) is 0 Å². The molecule has 3 nitrogen and oxygen atoms in total. The van der Waals surface area contributed by atoms with Gasteiger partial charge >= 0.3 is 0 Å². The predicted octanol–water partition coefficient (Wildman–Crippen LogP) is 1.58. The van der Waals surface area contributed by atoms with Crippen LogP contribution < -0.4 is 0 Å². The quantitative estimate of drug-likeness (QED) is 0.364. The molecule has 0 aromatic carbocycles. The molecule has 0 atom stereocenters. The maximum Gasteiger partial charge on any atom is 0.222 e. The highest BCUT2D eigenvalue weighted by atomic mass is 35.5. The first kappa shape index (κ1) is 7.64. The first-order chi connectivity index (χ1) is 5.77. The molecule has 0 unspecified atom stereocenters. The van der Waals surface area contributed by atoms with Gasteiger partial charge in [-0.05, 0) is 23.7 Å². The van der Waals surface area contributed by atoms with Crippen molar-refractivity contribution in [1.82, 2.24) is 15.0 Å². The Labute approximate surface area is 79.2 Å². The topological polar surface area (TPSA) is 38.7 Å². The monoisotopic (exact) mass is 196 g/mol. The van der Waals surface area contributed by atoms with Gasteiger partial charge in [0.1, 0.15) is 0 Å². The minimum atomic E-state index is 0.145. The molecule has 0 saturated carbocycles. The molecule has 0 spiro atoms. The summed E-state index contributed by atoms with van der Waals surface area (Å²) in [7, 11) is 0. The number of rotatable bonds is 0. The molecule has 0 saturated heterocycles. The Morgan fingerprint density at radius 2 is 2.17 bits per heavy atom. The average Bonchev–Trinajstić information content (AvgIpc) is 2.04. The second-order valence-electron chi connectivity index (χ2n) is 2.17. The van der Waals surface area contributed by atoms with Crippen molar-refractivity contribution < 1.29 is 0 Å². The molecular weight excluding hydrogens is 194 g/mol. The van der Waals surface area contributed by atoms with E-state index < -0.39 is 0 Å². The number of fused-ring (bicyclic) bond motifs is 1. The molecule has 0 fully saturated rings. The molecule has 2 heterocycles. The van der Waals surface area contributed by atoms with Crippen molar-refractivity contribution in [3.63, 3.8) is 0 Å². The molecule has 0 amide bonds. The Bertz CT molecular complexity index is 432. The second-order valence-corrected chi connectivity index (χ2v) is 2.90. The molecule has 12 heavy (non-hydrogen) atoms. The molecule has 0 bridgehead atoms. The minimum absolute atomic E-state index is 0.145. The SMILES string of the molecule is [S-]c1nc(Cl)nc2ncccc12. The molecule has 5 heteroatoms. The van der Waals surface area contributed by atoms with Gasteiger partial charge in [-0.3, -0.25) is 0 Å². The van der Waals surface area contributed by atoms with Crippen LogP contribution in [0.5, 0.6) is 0 Å². The van der Waals surface area contributed by atoms with E-state index in [1.165, 1.54) is 0 Å². The van der Waals surface area contributed by atoms with E-state index in [9.17, 15) is 0 Å². The summed E-state index contributed by atoms with van der Waals surface area (Å²) in [4.78, 5) is 11.7. The molecule has 2 rings (SSSR count). The highest BCUT2D eigenvalue weighted by Gasteiger charge is 1.97. The third kappa shape index (κ3) is 1.19. The fraction of sp³-hybridized carbons (Fsp3) is 0. The Kier molecular flexibility index (Phi) is 1.78. The van der Waals surface area contributed by atoms with Crippen molar-refractivity contribution in [2.45, 2.75) is 5.03 Å². The van der Waals surface area contributed by atoms with E-state index in [0.717, 1.165) is 5.39 Å². The van der Waals surface area contributed by atoms with Gasteiger partial charge in [0.25, 0.3) is 0 Å². The van der Waals surface area contributed by atoms with Crippen LogP contribution in [-0.2, 0) is 12.6 Å². The number of hydrogen-bond acceptors (Lipinski definition) is 4. The van der Waals surface area contributed by atoms with Gasteiger partial charge < -0.3 is 12.6 Å². The van der Waals surface area contributed by atoms with Crippen molar-refractivity contribution in [1.29, 1.82) is 0 Å². The fourth-order valence-corrected chi connectivity index (χ4v) is 1.37. The van der Waals surface area contributed by atoms with Gasteiger partial charge in [0.15, 0.2) is 5.65 Å². The predicted molar refractivity (Wildman–Crippen MR) is 48.0 cm³/mol. The molecule has 0 radical (unpaired) electrons. The van der Waals surface area contributed by atoms with Crippen LogP contribution >= 0.6 is 11.6 Å². The van der Waals surface area contributed by atoms with E-state index in [1.54, 1.807) is 12.3 Å². The highest BCUT2D eigenvalue weighted by Crippen LogP contribution is 2.14. The standard InChI is InChI=1S/C7H4ClN3S/c8-7-10-5-4(6(12)11-7)2-1-3-9-5/h1-3H,(H,9,10,11,12)/p-1. The Morgan fingerprint density at radius 3 is 3.00 bits per heavy atom. The van der Waals surface area contributed by atoms with Crippen molar-refractivity contribution in [3.05, 3.63) is 23.6 Å². The van der Waals surface area contributed by atoms with Crippen molar-refractivity contribution in [2.24, 2.45) is 0 Å². The zero-order chi connectivity index (χ0) is 8.55.